The van der Waals surface area contributed by atoms with Crippen LogP contribution >= 0.6 is 0 Å². The molecule has 1 aromatic rings. The number of nitrogens with two attached hydrogens (primary N) is 1. The Morgan fingerprint density at radius 2 is 1.95 bits per heavy atom. The molecule has 7 nitrogen and oxygen atoms in total. The number of hydrogen-bond donors (Lipinski definition) is 4. The minimum absolute atomic E-state index is 0.0507. The molecule has 1 atom stereocenters. The van der Waals surface area contributed by atoms with Crippen molar-refractivity contribution in [1.29, 1.82) is 0 Å². The van der Waals surface area contributed by atoms with Crippen LogP contribution in [0.5, 0.6) is 0 Å². The summed E-state index contributed by atoms with van der Waals surface area (Å²) in [7, 11) is 0. The Morgan fingerprint density at radius 3 is 2.52 bits per heavy atom. The highest BCUT2D eigenvalue weighted by atomic mass is 16.4. The van der Waals surface area contributed by atoms with Crippen LogP contribution in [0.3, 0.4) is 0 Å². The number of urea groups is 1. The first-order chi connectivity index (χ1) is 9.81. The van der Waals surface area contributed by atoms with Crippen LogP contribution in [-0.4, -0.2) is 29.1 Å². The number of carbonyl (C=O) groups excluding carboxylic acids is 2. The molecule has 0 unspecified atom stereocenters. The zero-order chi connectivity index (χ0) is 16.0. The summed E-state index contributed by atoms with van der Waals surface area (Å²) >= 11 is 0. The first-order valence-corrected chi connectivity index (χ1v) is 6.46. The van der Waals surface area contributed by atoms with E-state index in [0.29, 0.717) is 5.69 Å². The SMILES string of the molecule is Cc1cccc(NC(=O)N[C@@H](CCC(N)=O)C(=O)O)c1C. The predicted molar refractivity (Wildman–Crippen MR) is 77.9 cm³/mol. The third-order valence-electron chi connectivity index (χ3n) is 3.14. The second-order valence-corrected chi connectivity index (χ2v) is 4.74. The molecule has 114 valence electrons. The van der Waals surface area contributed by atoms with Gasteiger partial charge in [0.2, 0.25) is 5.91 Å². The molecule has 1 aromatic carbocycles. The molecule has 0 spiro atoms. The van der Waals surface area contributed by atoms with E-state index in [9.17, 15) is 14.4 Å². The van der Waals surface area contributed by atoms with E-state index in [-0.39, 0.29) is 12.8 Å². The van der Waals surface area contributed by atoms with Crippen LogP contribution in [0.15, 0.2) is 18.2 Å². The summed E-state index contributed by atoms with van der Waals surface area (Å²) in [6.07, 6.45) is -0.161. The number of aryl methyl sites for hydroxylation is 1. The van der Waals surface area contributed by atoms with Crippen molar-refractivity contribution >= 4 is 23.6 Å². The average Bonchev–Trinajstić information content (AvgIpc) is 2.39. The molecule has 0 aliphatic carbocycles. The topological polar surface area (TPSA) is 122 Å². The summed E-state index contributed by atoms with van der Waals surface area (Å²) in [5.41, 5.74) is 7.49. The maximum Gasteiger partial charge on any atom is 0.326 e. The predicted octanol–water partition coefficient (Wildman–Crippen LogP) is 1.14. The zero-order valence-corrected chi connectivity index (χ0v) is 12.0. The lowest BCUT2D eigenvalue weighted by atomic mass is 10.1. The van der Waals surface area contributed by atoms with Gasteiger partial charge >= 0.3 is 12.0 Å². The number of anilines is 1. The summed E-state index contributed by atoms with van der Waals surface area (Å²) < 4.78 is 0. The lowest BCUT2D eigenvalue weighted by Gasteiger charge is -2.16. The van der Waals surface area contributed by atoms with Crippen molar-refractivity contribution < 1.29 is 19.5 Å². The van der Waals surface area contributed by atoms with E-state index < -0.39 is 23.9 Å². The van der Waals surface area contributed by atoms with Crippen molar-refractivity contribution in [3.63, 3.8) is 0 Å². The fraction of sp³-hybridized carbons (Fsp3) is 0.357. The second-order valence-electron chi connectivity index (χ2n) is 4.74. The van der Waals surface area contributed by atoms with Crippen molar-refractivity contribution in [3.05, 3.63) is 29.3 Å². The lowest BCUT2D eigenvalue weighted by molar-refractivity contribution is -0.139. The van der Waals surface area contributed by atoms with Gasteiger partial charge in [-0.3, -0.25) is 4.79 Å². The minimum Gasteiger partial charge on any atom is -0.480 e. The van der Waals surface area contributed by atoms with Crippen LogP contribution in [0.1, 0.15) is 24.0 Å². The van der Waals surface area contributed by atoms with E-state index in [1.54, 1.807) is 12.1 Å². The Labute approximate surface area is 122 Å². The van der Waals surface area contributed by atoms with Crippen LogP contribution in [0.2, 0.25) is 0 Å². The number of carboxylic acids is 1. The highest BCUT2D eigenvalue weighted by Gasteiger charge is 2.20. The average molecular weight is 293 g/mol. The largest absolute Gasteiger partial charge is 0.480 e. The van der Waals surface area contributed by atoms with E-state index >= 15 is 0 Å². The summed E-state index contributed by atoms with van der Waals surface area (Å²) in [5.74, 6) is -1.83. The molecule has 0 aromatic heterocycles. The smallest absolute Gasteiger partial charge is 0.326 e. The molecule has 0 aliphatic rings. The molecule has 0 heterocycles. The van der Waals surface area contributed by atoms with Gasteiger partial charge in [0.15, 0.2) is 0 Å². The molecule has 3 amide bonds. The molecule has 1 rings (SSSR count). The molecule has 0 saturated heterocycles. The van der Waals surface area contributed by atoms with Gasteiger partial charge in [0.25, 0.3) is 0 Å². The van der Waals surface area contributed by atoms with Crippen LogP contribution in [-0.2, 0) is 9.59 Å². The number of nitrogens with one attached hydrogen (secondary N) is 2. The van der Waals surface area contributed by atoms with Gasteiger partial charge < -0.3 is 21.5 Å². The monoisotopic (exact) mass is 293 g/mol. The Bertz CT molecular complexity index is 557. The van der Waals surface area contributed by atoms with E-state index in [0.717, 1.165) is 11.1 Å². The summed E-state index contributed by atoms with van der Waals surface area (Å²) in [6, 6.07) is 3.62. The molecule has 0 radical (unpaired) electrons. The van der Waals surface area contributed by atoms with Gasteiger partial charge in [0.1, 0.15) is 6.04 Å². The molecule has 5 N–H and O–H groups in total. The van der Waals surface area contributed by atoms with E-state index in [2.05, 4.69) is 10.6 Å². The van der Waals surface area contributed by atoms with Crippen LogP contribution in [0.4, 0.5) is 10.5 Å². The van der Waals surface area contributed by atoms with Gasteiger partial charge in [-0.15, -0.1) is 0 Å². The van der Waals surface area contributed by atoms with Crippen LogP contribution < -0.4 is 16.4 Å². The number of hydrogen-bond acceptors (Lipinski definition) is 3. The summed E-state index contributed by atoms with van der Waals surface area (Å²) in [6.45, 7) is 3.76. The Kier molecular flexibility index (Phi) is 5.71. The standard InChI is InChI=1S/C14H19N3O4/c1-8-4-3-5-10(9(8)2)16-14(21)17-11(13(19)20)6-7-12(15)18/h3-5,11H,6-7H2,1-2H3,(H2,15,18)(H,19,20)(H2,16,17,21)/t11-/m0/s1. The van der Waals surface area contributed by atoms with Gasteiger partial charge in [0.05, 0.1) is 0 Å². The number of amides is 3. The van der Waals surface area contributed by atoms with Gasteiger partial charge in [-0.25, -0.2) is 9.59 Å². The van der Waals surface area contributed by atoms with E-state index in [1.807, 2.05) is 19.9 Å². The fourth-order valence-electron chi connectivity index (χ4n) is 1.75. The highest BCUT2D eigenvalue weighted by molar-refractivity contribution is 5.93. The quantitative estimate of drug-likeness (QED) is 0.628. The van der Waals surface area contributed by atoms with Gasteiger partial charge in [0, 0.05) is 12.1 Å². The molecule has 0 saturated carbocycles. The number of benzene rings is 1. The molecule has 21 heavy (non-hydrogen) atoms. The van der Waals surface area contributed by atoms with E-state index in [4.69, 9.17) is 10.8 Å². The normalized spacial score (nSPS) is 11.5. The van der Waals surface area contributed by atoms with E-state index in [1.165, 1.54) is 0 Å². The number of primary amides is 1. The Morgan fingerprint density at radius 1 is 1.29 bits per heavy atom. The maximum atomic E-state index is 11.8. The third kappa shape index (κ3) is 5.13. The first kappa shape index (κ1) is 16.5. The summed E-state index contributed by atoms with van der Waals surface area (Å²) in [4.78, 5) is 33.5. The number of aliphatic carboxylic acids is 1. The zero-order valence-electron chi connectivity index (χ0n) is 12.0. The number of carbonyl (C=O) groups is 3. The molecular weight excluding hydrogens is 274 g/mol. The van der Waals surface area contributed by atoms with Crippen molar-refractivity contribution in [1.82, 2.24) is 5.32 Å². The Hall–Kier alpha value is -2.57. The Balaban J connectivity index is 2.67. The number of rotatable bonds is 6. The van der Waals surface area contributed by atoms with Crippen molar-refractivity contribution in [2.75, 3.05) is 5.32 Å². The van der Waals surface area contributed by atoms with Crippen molar-refractivity contribution in [2.24, 2.45) is 5.73 Å². The molecule has 7 heteroatoms. The minimum atomic E-state index is -1.22. The van der Waals surface area contributed by atoms with Gasteiger partial charge in [-0.1, -0.05) is 12.1 Å². The lowest BCUT2D eigenvalue weighted by Crippen LogP contribution is -2.43. The molecular formula is C14H19N3O4. The second kappa shape index (κ2) is 7.28. The van der Waals surface area contributed by atoms with Crippen molar-refractivity contribution in [3.8, 4) is 0 Å². The van der Waals surface area contributed by atoms with Crippen LogP contribution in [0, 0.1) is 13.8 Å². The first-order valence-electron chi connectivity index (χ1n) is 6.46. The van der Waals surface area contributed by atoms with Gasteiger partial charge in [-0.2, -0.15) is 0 Å². The third-order valence-corrected chi connectivity index (χ3v) is 3.14. The molecule has 0 fully saturated rings. The fourth-order valence-corrected chi connectivity index (χ4v) is 1.75. The maximum absolute atomic E-state index is 11.8. The number of carboxylic acid groups (broad SMARTS) is 1. The summed E-state index contributed by atoms with van der Waals surface area (Å²) in [5, 5.41) is 13.9. The highest BCUT2D eigenvalue weighted by Crippen LogP contribution is 2.17. The van der Waals surface area contributed by atoms with Crippen molar-refractivity contribution in [2.45, 2.75) is 32.7 Å². The molecule has 0 aliphatic heterocycles. The van der Waals surface area contributed by atoms with Crippen LogP contribution in [0.25, 0.3) is 0 Å². The van der Waals surface area contributed by atoms with Gasteiger partial charge in [-0.05, 0) is 37.5 Å². The molecule has 0 bridgehead atoms.